The van der Waals surface area contributed by atoms with Crippen LogP contribution < -0.4 is 10.6 Å². The topological polar surface area (TPSA) is 44.4 Å². The van der Waals surface area contributed by atoms with E-state index >= 15 is 0 Å². The number of rotatable bonds is 4. The smallest absolute Gasteiger partial charge is 0.251 e. The van der Waals surface area contributed by atoms with Crippen LogP contribution in [-0.4, -0.2) is 44.0 Å². The summed E-state index contributed by atoms with van der Waals surface area (Å²) >= 11 is 0. The molecule has 1 aromatic rings. The molecule has 0 aliphatic carbocycles. The number of benzene rings is 1. The average Bonchev–Trinajstić information content (AvgIpc) is 2.47. The molecule has 19 heavy (non-hydrogen) atoms. The van der Waals surface area contributed by atoms with Gasteiger partial charge in [-0.25, -0.2) is 0 Å². The first-order valence-corrected chi connectivity index (χ1v) is 6.93. The molecule has 104 valence electrons. The van der Waals surface area contributed by atoms with Crippen LogP contribution in [0.5, 0.6) is 0 Å². The van der Waals surface area contributed by atoms with Gasteiger partial charge in [0.25, 0.3) is 5.91 Å². The lowest BCUT2D eigenvalue weighted by Crippen LogP contribution is -2.43. The SMILES string of the molecule is CNC(=O)c1cccc(CN2CCCC(NC)C2)c1. The summed E-state index contributed by atoms with van der Waals surface area (Å²) in [6.45, 7) is 3.14. The minimum atomic E-state index is -0.0198. The molecular formula is C15H23N3O. The van der Waals surface area contributed by atoms with Gasteiger partial charge in [0.2, 0.25) is 0 Å². The Kier molecular flexibility index (Phi) is 4.93. The normalized spacial score (nSPS) is 20.2. The van der Waals surface area contributed by atoms with E-state index in [1.165, 1.54) is 18.4 Å². The molecule has 1 saturated heterocycles. The van der Waals surface area contributed by atoms with Crippen molar-refractivity contribution in [3.63, 3.8) is 0 Å². The fraction of sp³-hybridized carbons (Fsp3) is 0.533. The molecule has 4 heteroatoms. The summed E-state index contributed by atoms with van der Waals surface area (Å²) in [5.41, 5.74) is 1.94. The molecule has 0 aromatic heterocycles. The summed E-state index contributed by atoms with van der Waals surface area (Å²) in [5, 5.41) is 6.02. The van der Waals surface area contributed by atoms with Crippen molar-refractivity contribution in [2.24, 2.45) is 0 Å². The zero-order valence-corrected chi connectivity index (χ0v) is 11.8. The second kappa shape index (κ2) is 6.68. The second-order valence-electron chi connectivity index (χ2n) is 5.14. The second-order valence-corrected chi connectivity index (χ2v) is 5.14. The maximum Gasteiger partial charge on any atom is 0.251 e. The number of piperidine rings is 1. The van der Waals surface area contributed by atoms with Crippen molar-refractivity contribution in [1.82, 2.24) is 15.5 Å². The predicted octanol–water partition coefficient (Wildman–Crippen LogP) is 1.23. The Morgan fingerprint density at radius 1 is 1.42 bits per heavy atom. The van der Waals surface area contributed by atoms with E-state index < -0.39 is 0 Å². The zero-order chi connectivity index (χ0) is 13.7. The van der Waals surface area contributed by atoms with Gasteiger partial charge >= 0.3 is 0 Å². The maximum absolute atomic E-state index is 11.6. The average molecular weight is 261 g/mol. The highest BCUT2D eigenvalue weighted by Gasteiger charge is 2.18. The number of nitrogens with one attached hydrogen (secondary N) is 2. The van der Waals surface area contributed by atoms with Gasteiger partial charge in [0.15, 0.2) is 0 Å². The lowest BCUT2D eigenvalue weighted by Gasteiger charge is -2.32. The van der Waals surface area contributed by atoms with Crippen LogP contribution in [-0.2, 0) is 6.54 Å². The van der Waals surface area contributed by atoms with E-state index in [0.717, 1.165) is 25.2 Å². The van der Waals surface area contributed by atoms with Crippen molar-refractivity contribution in [2.45, 2.75) is 25.4 Å². The summed E-state index contributed by atoms with van der Waals surface area (Å²) < 4.78 is 0. The van der Waals surface area contributed by atoms with E-state index in [1.54, 1.807) is 7.05 Å². The third kappa shape index (κ3) is 3.78. The molecule has 1 heterocycles. The summed E-state index contributed by atoms with van der Waals surface area (Å²) in [6.07, 6.45) is 2.49. The van der Waals surface area contributed by atoms with Gasteiger partial charge in [0.1, 0.15) is 0 Å². The number of carbonyl (C=O) groups excluding carboxylic acids is 1. The summed E-state index contributed by atoms with van der Waals surface area (Å²) in [4.78, 5) is 14.1. The molecule has 2 rings (SSSR count). The molecule has 1 atom stereocenters. The van der Waals surface area contributed by atoms with Crippen LogP contribution >= 0.6 is 0 Å². The first-order chi connectivity index (χ1) is 9.22. The van der Waals surface area contributed by atoms with E-state index in [-0.39, 0.29) is 5.91 Å². The molecule has 1 aliphatic heterocycles. The highest BCUT2D eigenvalue weighted by molar-refractivity contribution is 5.94. The number of carbonyl (C=O) groups is 1. The minimum Gasteiger partial charge on any atom is -0.355 e. The van der Waals surface area contributed by atoms with Crippen LogP contribution in [0.25, 0.3) is 0 Å². The van der Waals surface area contributed by atoms with Gasteiger partial charge < -0.3 is 10.6 Å². The Balaban J connectivity index is 2.00. The first-order valence-electron chi connectivity index (χ1n) is 6.93. The molecule has 1 amide bonds. The van der Waals surface area contributed by atoms with E-state index in [4.69, 9.17) is 0 Å². The maximum atomic E-state index is 11.6. The van der Waals surface area contributed by atoms with Crippen molar-refractivity contribution in [3.8, 4) is 0 Å². The molecule has 4 nitrogen and oxygen atoms in total. The fourth-order valence-electron chi connectivity index (χ4n) is 2.65. The van der Waals surface area contributed by atoms with Gasteiger partial charge in [-0.2, -0.15) is 0 Å². The van der Waals surface area contributed by atoms with Crippen molar-refractivity contribution in [3.05, 3.63) is 35.4 Å². The Bertz CT molecular complexity index is 433. The first kappa shape index (κ1) is 14.0. The highest BCUT2D eigenvalue weighted by Crippen LogP contribution is 2.14. The molecule has 1 aromatic carbocycles. The van der Waals surface area contributed by atoms with Gasteiger partial charge in [-0.05, 0) is 44.1 Å². The Morgan fingerprint density at radius 3 is 3.00 bits per heavy atom. The number of likely N-dealkylation sites (N-methyl/N-ethyl adjacent to an activating group) is 1. The van der Waals surface area contributed by atoms with Crippen LogP contribution in [0.3, 0.4) is 0 Å². The molecule has 0 spiro atoms. The molecule has 1 aliphatic rings. The van der Waals surface area contributed by atoms with Crippen molar-refractivity contribution < 1.29 is 4.79 Å². The molecule has 0 radical (unpaired) electrons. The van der Waals surface area contributed by atoms with Crippen LogP contribution in [0.1, 0.15) is 28.8 Å². The van der Waals surface area contributed by atoms with Gasteiger partial charge in [0.05, 0.1) is 0 Å². The number of hydrogen-bond donors (Lipinski definition) is 2. The number of amides is 1. The van der Waals surface area contributed by atoms with Gasteiger partial charge in [0, 0.05) is 31.7 Å². The number of nitrogens with zero attached hydrogens (tertiary/aromatic N) is 1. The zero-order valence-electron chi connectivity index (χ0n) is 11.8. The van der Waals surface area contributed by atoms with Gasteiger partial charge in [-0.3, -0.25) is 9.69 Å². The standard InChI is InChI=1S/C15H23N3O/c1-16-14-7-4-8-18(11-14)10-12-5-3-6-13(9-12)15(19)17-2/h3,5-6,9,14,16H,4,7-8,10-11H2,1-2H3,(H,17,19). The molecular weight excluding hydrogens is 238 g/mol. The van der Waals surface area contributed by atoms with E-state index in [0.29, 0.717) is 6.04 Å². The van der Waals surface area contributed by atoms with Crippen LogP contribution in [0.15, 0.2) is 24.3 Å². The van der Waals surface area contributed by atoms with E-state index in [2.05, 4.69) is 21.6 Å². The monoisotopic (exact) mass is 261 g/mol. The van der Waals surface area contributed by atoms with E-state index in [1.807, 2.05) is 25.2 Å². The fourth-order valence-corrected chi connectivity index (χ4v) is 2.65. The van der Waals surface area contributed by atoms with Crippen molar-refractivity contribution in [1.29, 1.82) is 0 Å². The Labute approximate surface area is 115 Å². The molecule has 1 fully saturated rings. The molecule has 2 N–H and O–H groups in total. The number of hydrogen-bond acceptors (Lipinski definition) is 3. The summed E-state index contributed by atoms with van der Waals surface area (Å²) in [5.74, 6) is -0.0198. The molecule has 0 bridgehead atoms. The van der Waals surface area contributed by atoms with Crippen molar-refractivity contribution in [2.75, 3.05) is 27.2 Å². The minimum absolute atomic E-state index is 0.0198. The Hall–Kier alpha value is -1.39. The predicted molar refractivity (Wildman–Crippen MR) is 77.2 cm³/mol. The largest absolute Gasteiger partial charge is 0.355 e. The Morgan fingerprint density at radius 2 is 2.26 bits per heavy atom. The quantitative estimate of drug-likeness (QED) is 0.857. The van der Waals surface area contributed by atoms with Crippen LogP contribution in [0.2, 0.25) is 0 Å². The molecule has 0 saturated carbocycles. The third-order valence-electron chi connectivity index (χ3n) is 3.74. The summed E-state index contributed by atoms with van der Waals surface area (Å²) in [6, 6.07) is 8.49. The summed E-state index contributed by atoms with van der Waals surface area (Å²) in [7, 11) is 3.69. The van der Waals surface area contributed by atoms with Crippen LogP contribution in [0, 0.1) is 0 Å². The van der Waals surface area contributed by atoms with Gasteiger partial charge in [-0.15, -0.1) is 0 Å². The highest BCUT2D eigenvalue weighted by atomic mass is 16.1. The molecule has 1 unspecified atom stereocenters. The lowest BCUT2D eigenvalue weighted by atomic mass is 10.0. The van der Waals surface area contributed by atoms with Gasteiger partial charge in [-0.1, -0.05) is 12.1 Å². The van der Waals surface area contributed by atoms with Crippen LogP contribution in [0.4, 0.5) is 0 Å². The third-order valence-corrected chi connectivity index (χ3v) is 3.74. The number of likely N-dealkylation sites (tertiary alicyclic amines) is 1. The van der Waals surface area contributed by atoms with Crippen molar-refractivity contribution >= 4 is 5.91 Å². The lowest BCUT2D eigenvalue weighted by molar-refractivity contribution is 0.0963. The van der Waals surface area contributed by atoms with E-state index in [9.17, 15) is 4.79 Å².